The average molecular weight is 595 g/mol. The van der Waals surface area contributed by atoms with Crippen molar-refractivity contribution in [1.29, 1.82) is 0 Å². The molecule has 40 heavy (non-hydrogen) atoms. The van der Waals surface area contributed by atoms with Gasteiger partial charge in [0.1, 0.15) is 5.75 Å². The number of benzene rings is 3. The molecule has 2 aromatic heterocycles. The number of anilines is 2. The zero-order valence-electron chi connectivity index (χ0n) is 21.3. The molecule has 204 valence electrons. The van der Waals surface area contributed by atoms with E-state index in [4.69, 9.17) is 16.3 Å². The van der Waals surface area contributed by atoms with E-state index in [1.165, 1.54) is 41.8 Å². The lowest BCUT2D eigenvalue weighted by atomic mass is 10.1. The summed E-state index contributed by atoms with van der Waals surface area (Å²) < 4.78 is 34.6. The third kappa shape index (κ3) is 5.57. The maximum absolute atomic E-state index is 13.5. The number of sulfonamides is 1. The van der Waals surface area contributed by atoms with E-state index in [1.807, 2.05) is 0 Å². The fourth-order valence-corrected chi connectivity index (χ4v) is 6.24. The van der Waals surface area contributed by atoms with Crippen LogP contribution in [0.4, 0.5) is 10.8 Å². The van der Waals surface area contributed by atoms with Gasteiger partial charge in [-0.15, -0.1) is 11.3 Å². The molecule has 9 nitrogen and oxygen atoms in total. The van der Waals surface area contributed by atoms with Gasteiger partial charge in [0.25, 0.3) is 15.9 Å². The third-order valence-electron chi connectivity index (χ3n) is 6.28. The minimum Gasteiger partial charge on any atom is -0.497 e. The Balaban J connectivity index is 1.40. The summed E-state index contributed by atoms with van der Waals surface area (Å²) in [6, 6.07) is 17.8. The summed E-state index contributed by atoms with van der Waals surface area (Å²) in [6.07, 6.45) is 1.48. The van der Waals surface area contributed by atoms with E-state index in [-0.39, 0.29) is 28.3 Å². The Bertz CT molecular complexity index is 1820. The smallest absolute Gasteiger partial charge is 0.263 e. The summed E-state index contributed by atoms with van der Waals surface area (Å²) in [5.74, 6) is 0.00739. The summed E-state index contributed by atoms with van der Waals surface area (Å²) in [4.78, 5) is 30.6. The molecular formula is C28H23ClN4O5S2. The zero-order chi connectivity index (χ0) is 28.4. The van der Waals surface area contributed by atoms with Crippen molar-refractivity contribution in [2.24, 2.45) is 0 Å². The van der Waals surface area contributed by atoms with Crippen molar-refractivity contribution in [3.8, 4) is 5.75 Å². The summed E-state index contributed by atoms with van der Waals surface area (Å²) in [5, 5.41) is 5.97. The van der Waals surface area contributed by atoms with Crippen molar-refractivity contribution >= 4 is 66.5 Å². The molecule has 5 aromatic rings. The maximum Gasteiger partial charge on any atom is 0.263 e. The first-order valence-electron chi connectivity index (χ1n) is 12.0. The first-order valence-corrected chi connectivity index (χ1v) is 14.7. The molecule has 0 aliphatic carbocycles. The Morgan fingerprint density at radius 3 is 2.42 bits per heavy atom. The van der Waals surface area contributed by atoms with Gasteiger partial charge >= 0.3 is 0 Å². The van der Waals surface area contributed by atoms with Crippen molar-refractivity contribution in [2.45, 2.75) is 18.2 Å². The van der Waals surface area contributed by atoms with Gasteiger partial charge in [-0.3, -0.25) is 18.9 Å². The lowest BCUT2D eigenvalue weighted by molar-refractivity contribution is -0.115. The van der Waals surface area contributed by atoms with E-state index in [0.29, 0.717) is 44.2 Å². The minimum atomic E-state index is -3.81. The molecule has 0 aliphatic rings. The van der Waals surface area contributed by atoms with Crippen LogP contribution >= 0.6 is 22.9 Å². The van der Waals surface area contributed by atoms with Crippen molar-refractivity contribution in [2.75, 3.05) is 17.1 Å². The van der Waals surface area contributed by atoms with Crippen LogP contribution in [0.25, 0.3) is 10.9 Å². The van der Waals surface area contributed by atoms with Crippen LogP contribution < -0.4 is 14.8 Å². The first-order chi connectivity index (χ1) is 19.2. The number of rotatable bonds is 8. The standard InChI is InChI=1S/C28H23ClN4O5S2/c1-17-23(16-26(34)31-20-7-10-22(11-8-20)40(36,37)32-28-30-13-14-39-28)24-15-21(38-2)9-12-25(24)33(17)27(35)18-3-5-19(29)6-4-18/h3-15H,16H2,1-2H3,(H,30,32)(H,31,34). The van der Waals surface area contributed by atoms with Crippen LogP contribution in [-0.2, 0) is 21.2 Å². The number of hydrogen-bond acceptors (Lipinski definition) is 7. The molecule has 5 rings (SSSR count). The topological polar surface area (TPSA) is 119 Å². The van der Waals surface area contributed by atoms with E-state index in [2.05, 4.69) is 15.0 Å². The predicted molar refractivity (Wildman–Crippen MR) is 156 cm³/mol. The molecule has 1 amide bonds. The van der Waals surface area contributed by atoms with Crippen LogP contribution in [0.3, 0.4) is 0 Å². The normalized spacial score (nSPS) is 11.4. The number of aromatic nitrogens is 2. The van der Waals surface area contributed by atoms with Crippen LogP contribution in [0.15, 0.2) is 83.2 Å². The molecule has 0 atom stereocenters. The molecule has 3 aromatic carbocycles. The van der Waals surface area contributed by atoms with Gasteiger partial charge in [0.05, 0.1) is 23.9 Å². The largest absolute Gasteiger partial charge is 0.497 e. The highest BCUT2D eigenvalue weighted by molar-refractivity contribution is 7.93. The summed E-state index contributed by atoms with van der Waals surface area (Å²) >= 11 is 7.17. The van der Waals surface area contributed by atoms with Crippen molar-refractivity contribution < 1.29 is 22.7 Å². The number of amides is 1. The SMILES string of the molecule is COc1ccc2c(c1)c(CC(=O)Nc1ccc(S(=O)(=O)Nc3nccs3)cc1)c(C)n2C(=O)c1ccc(Cl)cc1. The van der Waals surface area contributed by atoms with Gasteiger partial charge in [-0.25, -0.2) is 13.4 Å². The van der Waals surface area contributed by atoms with Crippen LogP contribution in [-0.4, -0.2) is 36.9 Å². The van der Waals surface area contributed by atoms with Crippen LogP contribution in [0.1, 0.15) is 21.6 Å². The average Bonchev–Trinajstić information content (AvgIpc) is 3.54. The molecule has 2 heterocycles. The Morgan fingerprint density at radius 2 is 1.77 bits per heavy atom. The molecule has 2 N–H and O–H groups in total. The molecule has 0 aliphatic heterocycles. The third-order valence-corrected chi connectivity index (χ3v) is 8.70. The highest BCUT2D eigenvalue weighted by Crippen LogP contribution is 2.31. The number of thiazole rings is 1. The van der Waals surface area contributed by atoms with Crippen LogP contribution in [0.5, 0.6) is 5.75 Å². The summed E-state index contributed by atoms with van der Waals surface area (Å²) in [7, 11) is -2.26. The zero-order valence-corrected chi connectivity index (χ0v) is 23.7. The molecule has 0 radical (unpaired) electrons. The molecule has 0 unspecified atom stereocenters. The van der Waals surface area contributed by atoms with Crippen molar-refractivity contribution in [3.63, 3.8) is 0 Å². The lowest BCUT2D eigenvalue weighted by Crippen LogP contribution is -2.17. The second kappa shape index (κ2) is 11.1. The monoisotopic (exact) mass is 594 g/mol. The Hall–Kier alpha value is -4.19. The van der Waals surface area contributed by atoms with E-state index < -0.39 is 10.0 Å². The maximum atomic E-state index is 13.5. The van der Waals surface area contributed by atoms with Crippen LogP contribution in [0.2, 0.25) is 5.02 Å². The molecule has 0 fully saturated rings. The second-order valence-electron chi connectivity index (χ2n) is 8.79. The number of methoxy groups -OCH3 is 1. The van der Waals surface area contributed by atoms with Gasteiger partial charge in [-0.2, -0.15) is 0 Å². The Labute approximate surface area is 239 Å². The number of carbonyl (C=O) groups is 2. The van der Waals surface area contributed by atoms with Gasteiger partial charge in [-0.05, 0) is 79.2 Å². The summed E-state index contributed by atoms with van der Waals surface area (Å²) in [5.41, 5.74) is 2.81. The fourth-order valence-electron chi connectivity index (χ4n) is 4.33. The Kier molecular flexibility index (Phi) is 7.61. The lowest BCUT2D eigenvalue weighted by Gasteiger charge is -2.09. The Morgan fingerprint density at radius 1 is 1.05 bits per heavy atom. The van der Waals surface area contributed by atoms with Gasteiger partial charge in [-0.1, -0.05) is 11.6 Å². The molecule has 0 saturated heterocycles. The quantitative estimate of drug-likeness (QED) is 0.236. The molecule has 0 bridgehead atoms. The van der Waals surface area contributed by atoms with E-state index in [9.17, 15) is 18.0 Å². The number of carbonyl (C=O) groups excluding carboxylic acids is 2. The van der Waals surface area contributed by atoms with Crippen molar-refractivity contribution in [3.05, 3.63) is 100 Å². The number of ether oxygens (including phenoxy) is 1. The van der Waals surface area contributed by atoms with E-state index >= 15 is 0 Å². The number of fused-ring (bicyclic) bond motifs is 1. The minimum absolute atomic E-state index is 0.0257. The fraction of sp³-hybridized carbons (Fsp3) is 0.107. The van der Waals surface area contributed by atoms with Gasteiger partial charge < -0.3 is 10.1 Å². The van der Waals surface area contributed by atoms with Crippen molar-refractivity contribution in [1.82, 2.24) is 9.55 Å². The second-order valence-corrected chi connectivity index (χ2v) is 11.8. The molecule has 0 saturated carbocycles. The molecule has 12 heteroatoms. The van der Waals surface area contributed by atoms with Gasteiger partial charge in [0.2, 0.25) is 5.91 Å². The number of nitrogens with one attached hydrogen (secondary N) is 2. The molecular weight excluding hydrogens is 572 g/mol. The van der Waals surface area contributed by atoms with E-state index in [0.717, 1.165) is 0 Å². The molecule has 0 spiro atoms. The summed E-state index contributed by atoms with van der Waals surface area (Å²) in [6.45, 7) is 1.79. The number of halogens is 1. The van der Waals surface area contributed by atoms with Gasteiger partial charge in [0.15, 0.2) is 5.13 Å². The van der Waals surface area contributed by atoms with Gasteiger partial charge in [0, 0.05) is 38.9 Å². The van der Waals surface area contributed by atoms with Crippen LogP contribution in [0, 0.1) is 6.92 Å². The van der Waals surface area contributed by atoms with E-state index in [1.54, 1.807) is 66.4 Å². The number of nitrogens with zero attached hydrogens (tertiary/aromatic N) is 2. The first kappa shape index (κ1) is 27.4. The highest BCUT2D eigenvalue weighted by atomic mass is 35.5. The highest BCUT2D eigenvalue weighted by Gasteiger charge is 2.22. The predicted octanol–water partition coefficient (Wildman–Crippen LogP) is 5.74. The number of hydrogen-bond donors (Lipinski definition) is 2.